The molecule has 4 nitrogen and oxygen atoms in total. The summed E-state index contributed by atoms with van der Waals surface area (Å²) in [5.74, 6) is 0.691. The van der Waals surface area contributed by atoms with Gasteiger partial charge >= 0.3 is 0 Å². The van der Waals surface area contributed by atoms with Crippen molar-refractivity contribution in [2.24, 2.45) is 5.92 Å². The molecule has 0 saturated carbocycles. The van der Waals surface area contributed by atoms with Gasteiger partial charge in [0, 0.05) is 6.54 Å². The summed E-state index contributed by atoms with van der Waals surface area (Å²) in [7, 11) is 0. The van der Waals surface area contributed by atoms with Crippen LogP contribution in [0.5, 0.6) is 0 Å². The maximum Gasteiger partial charge on any atom is 0.248 e. The van der Waals surface area contributed by atoms with Gasteiger partial charge in [-0.2, -0.15) is 0 Å². The minimum atomic E-state index is 0.164. The molecule has 92 valence electrons. The molecule has 0 aromatic heterocycles. The summed E-state index contributed by atoms with van der Waals surface area (Å²) >= 11 is 0. The van der Waals surface area contributed by atoms with Crippen LogP contribution in [0.2, 0.25) is 0 Å². The molecule has 1 N–H and O–H groups in total. The van der Waals surface area contributed by atoms with Crippen LogP contribution in [-0.2, 0) is 9.53 Å². The van der Waals surface area contributed by atoms with Crippen LogP contribution >= 0.6 is 0 Å². The smallest absolute Gasteiger partial charge is 0.248 e. The third-order valence-corrected chi connectivity index (χ3v) is 3.36. The van der Waals surface area contributed by atoms with E-state index in [0.717, 1.165) is 32.5 Å². The Morgan fingerprint density at radius 1 is 1.44 bits per heavy atom. The highest BCUT2D eigenvalue weighted by atomic mass is 16.5. The Morgan fingerprint density at radius 3 is 2.94 bits per heavy atom. The van der Waals surface area contributed by atoms with Gasteiger partial charge in [0.25, 0.3) is 0 Å². The summed E-state index contributed by atoms with van der Waals surface area (Å²) in [6.45, 7) is 7.45. The Hall–Kier alpha value is -0.610. The Labute approximate surface area is 97.3 Å². The standard InChI is InChI=1S/C12H22N2O2/c1-9(2)7-14-10-3-5-13-6-4-11(10)16-8-12(14)15/h9-11,13H,3-8H2,1-2H3/t10-,11-/m0/s1. The van der Waals surface area contributed by atoms with Crippen LogP contribution in [-0.4, -0.2) is 49.2 Å². The zero-order chi connectivity index (χ0) is 11.5. The van der Waals surface area contributed by atoms with Crippen molar-refractivity contribution < 1.29 is 9.53 Å². The minimum absolute atomic E-state index is 0.164. The Balaban J connectivity index is 2.08. The van der Waals surface area contributed by atoms with Crippen LogP contribution in [0.3, 0.4) is 0 Å². The molecule has 2 fully saturated rings. The molecule has 0 unspecified atom stereocenters. The number of morpholine rings is 1. The predicted octanol–water partition coefficient (Wildman–Crippen LogP) is 0.622. The van der Waals surface area contributed by atoms with Gasteiger partial charge in [-0.1, -0.05) is 13.8 Å². The van der Waals surface area contributed by atoms with Gasteiger partial charge in [-0.15, -0.1) is 0 Å². The van der Waals surface area contributed by atoms with Gasteiger partial charge < -0.3 is 15.0 Å². The monoisotopic (exact) mass is 226 g/mol. The van der Waals surface area contributed by atoms with Crippen LogP contribution in [0.15, 0.2) is 0 Å². The van der Waals surface area contributed by atoms with Gasteiger partial charge in [-0.05, 0) is 31.8 Å². The van der Waals surface area contributed by atoms with E-state index < -0.39 is 0 Å². The van der Waals surface area contributed by atoms with E-state index in [1.807, 2.05) is 4.90 Å². The summed E-state index contributed by atoms with van der Waals surface area (Å²) in [6, 6.07) is 0.290. The average molecular weight is 226 g/mol. The fraction of sp³-hybridized carbons (Fsp3) is 0.917. The number of nitrogens with zero attached hydrogens (tertiary/aromatic N) is 1. The Kier molecular flexibility index (Phi) is 3.82. The van der Waals surface area contributed by atoms with Crippen molar-refractivity contribution in [2.75, 3.05) is 26.2 Å². The maximum atomic E-state index is 11.9. The number of hydrogen-bond acceptors (Lipinski definition) is 3. The average Bonchev–Trinajstić information content (AvgIpc) is 2.47. The summed E-state index contributed by atoms with van der Waals surface area (Å²) in [6.07, 6.45) is 2.28. The second-order valence-electron chi connectivity index (χ2n) is 5.18. The maximum absolute atomic E-state index is 11.9. The molecule has 0 spiro atoms. The first-order valence-corrected chi connectivity index (χ1v) is 6.30. The largest absolute Gasteiger partial charge is 0.366 e. The van der Waals surface area contributed by atoms with Gasteiger partial charge in [-0.3, -0.25) is 4.79 Å². The summed E-state index contributed by atoms with van der Waals surface area (Å²) in [5.41, 5.74) is 0. The number of rotatable bonds is 2. The van der Waals surface area contributed by atoms with Crippen molar-refractivity contribution in [3.63, 3.8) is 0 Å². The molecule has 2 rings (SSSR count). The number of nitrogens with one attached hydrogen (secondary N) is 1. The molecule has 0 aromatic rings. The van der Waals surface area contributed by atoms with E-state index in [9.17, 15) is 4.79 Å². The Bertz CT molecular complexity index is 255. The fourth-order valence-electron chi connectivity index (χ4n) is 2.63. The van der Waals surface area contributed by atoms with Crippen LogP contribution in [0.1, 0.15) is 26.7 Å². The van der Waals surface area contributed by atoms with E-state index in [0.29, 0.717) is 12.0 Å². The molecule has 1 amide bonds. The first-order valence-electron chi connectivity index (χ1n) is 6.30. The lowest BCUT2D eigenvalue weighted by Crippen LogP contribution is -2.55. The van der Waals surface area contributed by atoms with Crippen molar-refractivity contribution in [3.05, 3.63) is 0 Å². The van der Waals surface area contributed by atoms with E-state index in [2.05, 4.69) is 19.2 Å². The molecule has 0 aliphatic carbocycles. The highest BCUT2D eigenvalue weighted by Gasteiger charge is 2.36. The molecule has 0 radical (unpaired) electrons. The van der Waals surface area contributed by atoms with Gasteiger partial charge in [0.05, 0.1) is 12.1 Å². The normalized spacial score (nSPS) is 31.4. The second kappa shape index (κ2) is 5.15. The van der Waals surface area contributed by atoms with Crippen molar-refractivity contribution in [2.45, 2.75) is 38.8 Å². The quantitative estimate of drug-likeness (QED) is 0.750. The molecule has 4 heteroatoms. The zero-order valence-corrected chi connectivity index (χ0v) is 10.2. The molecule has 2 saturated heterocycles. The number of hydrogen-bond donors (Lipinski definition) is 1. The highest BCUT2D eigenvalue weighted by Crippen LogP contribution is 2.22. The highest BCUT2D eigenvalue weighted by molar-refractivity contribution is 5.78. The SMILES string of the molecule is CC(C)CN1C(=O)CO[C@H]2CCNCC[C@@H]21. The second-order valence-corrected chi connectivity index (χ2v) is 5.18. The lowest BCUT2D eigenvalue weighted by Gasteiger charge is -2.41. The fourth-order valence-corrected chi connectivity index (χ4v) is 2.63. The van der Waals surface area contributed by atoms with Crippen molar-refractivity contribution in [3.8, 4) is 0 Å². The molecule has 0 bridgehead atoms. The first-order chi connectivity index (χ1) is 7.68. The van der Waals surface area contributed by atoms with Gasteiger partial charge in [0.15, 0.2) is 0 Å². The van der Waals surface area contributed by atoms with Gasteiger partial charge in [-0.25, -0.2) is 0 Å². The van der Waals surface area contributed by atoms with Crippen molar-refractivity contribution in [1.29, 1.82) is 0 Å². The van der Waals surface area contributed by atoms with Crippen LogP contribution in [0, 0.1) is 5.92 Å². The molecule has 16 heavy (non-hydrogen) atoms. The molecule has 2 aliphatic rings. The van der Waals surface area contributed by atoms with E-state index in [1.54, 1.807) is 0 Å². The molecule has 2 atom stereocenters. The van der Waals surface area contributed by atoms with Crippen LogP contribution < -0.4 is 5.32 Å². The van der Waals surface area contributed by atoms with Crippen molar-refractivity contribution in [1.82, 2.24) is 10.2 Å². The Morgan fingerprint density at radius 2 is 2.19 bits per heavy atom. The lowest BCUT2D eigenvalue weighted by molar-refractivity contribution is -0.158. The van der Waals surface area contributed by atoms with E-state index in [1.165, 1.54) is 0 Å². The summed E-state index contributed by atoms with van der Waals surface area (Å²) in [4.78, 5) is 13.9. The number of amides is 1. The number of ether oxygens (including phenoxy) is 1. The number of carbonyl (C=O) groups excluding carboxylic acids is 1. The summed E-state index contributed by atoms with van der Waals surface area (Å²) < 4.78 is 5.65. The predicted molar refractivity (Wildman–Crippen MR) is 62.2 cm³/mol. The third-order valence-electron chi connectivity index (χ3n) is 3.36. The van der Waals surface area contributed by atoms with Gasteiger partial charge in [0.2, 0.25) is 5.91 Å². The minimum Gasteiger partial charge on any atom is -0.366 e. The topological polar surface area (TPSA) is 41.6 Å². The molecule has 2 heterocycles. The number of carbonyl (C=O) groups is 1. The molecular weight excluding hydrogens is 204 g/mol. The third kappa shape index (κ3) is 2.55. The van der Waals surface area contributed by atoms with Crippen LogP contribution in [0.25, 0.3) is 0 Å². The zero-order valence-electron chi connectivity index (χ0n) is 10.2. The number of fused-ring (bicyclic) bond motifs is 1. The van der Waals surface area contributed by atoms with Crippen molar-refractivity contribution >= 4 is 5.91 Å². The lowest BCUT2D eigenvalue weighted by atomic mass is 10.0. The molecular formula is C12H22N2O2. The first kappa shape index (κ1) is 11.9. The molecule has 2 aliphatic heterocycles. The van der Waals surface area contributed by atoms with Gasteiger partial charge in [0.1, 0.15) is 6.61 Å². The summed E-state index contributed by atoms with van der Waals surface area (Å²) in [5, 5.41) is 3.37. The van der Waals surface area contributed by atoms with E-state index in [-0.39, 0.29) is 18.6 Å². The van der Waals surface area contributed by atoms with E-state index in [4.69, 9.17) is 4.74 Å². The van der Waals surface area contributed by atoms with E-state index >= 15 is 0 Å². The molecule has 0 aromatic carbocycles. The van der Waals surface area contributed by atoms with Crippen LogP contribution in [0.4, 0.5) is 0 Å².